The number of anilines is 1. The van der Waals surface area contributed by atoms with Crippen molar-refractivity contribution in [3.05, 3.63) is 22.7 Å². The van der Waals surface area contributed by atoms with E-state index in [1.807, 2.05) is 6.92 Å². The van der Waals surface area contributed by atoms with E-state index in [0.717, 1.165) is 0 Å². The molecule has 1 rings (SSSR count). The molecule has 1 heterocycles. The lowest BCUT2D eigenvalue weighted by Crippen LogP contribution is -2.26. The Labute approximate surface area is 95.5 Å². The van der Waals surface area contributed by atoms with E-state index >= 15 is 0 Å². The van der Waals surface area contributed by atoms with Gasteiger partial charge in [0.1, 0.15) is 0 Å². The molecule has 90 valence electrons. The standard InChI is InChI=1S/C11H19N3O2/c1-4-14-6-5-12-10(11(14)15)13-7-9(2)8-16-3/h5-6,9H,4,7-8H2,1-3H3,(H,12,13). The topological polar surface area (TPSA) is 56.1 Å². The zero-order valence-electron chi connectivity index (χ0n) is 10.1. The molecule has 0 bridgehead atoms. The molecular weight excluding hydrogens is 206 g/mol. The molecule has 0 amide bonds. The Morgan fingerprint density at radius 1 is 1.62 bits per heavy atom. The molecule has 1 aromatic heterocycles. The van der Waals surface area contributed by atoms with Crippen LogP contribution in [0.25, 0.3) is 0 Å². The highest BCUT2D eigenvalue weighted by Gasteiger charge is 2.05. The van der Waals surface area contributed by atoms with Gasteiger partial charge in [0.15, 0.2) is 5.82 Å². The first-order valence-corrected chi connectivity index (χ1v) is 5.47. The molecule has 1 N–H and O–H groups in total. The Morgan fingerprint density at radius 2 is 2.38 bits per heavy atom. The zero-order valence-corrected chi connectivity index (χ0v) is 10.1. The number of hydrogen-bond donors (Lipinski definition) is 1. The second-order valence-corrected chi connectivity index (χ2v) is 3.81. The van der Waals surface area contributed by atoms with E-state index < -0.39 is 0 Å². The predicted molar refractivity (Wildman–Crippen MR) is 63.7 cm³/mol. The molecule has 1 atom stereocenters. The van der Waals surface area contributed by atoms with E-state index in [1.165, 1.54) is 0 Å². The lowest BCUT2D eigenvalue weighted by atomic mass is 10.2. The van der Waals surface area contributed by atoms with Gasteiger partial charge in [-0.3, -0.25) is 4.79 Å². The summed E-state index contributed by atoms with van der Waals surface area (Å²) in [5.74, 6) is 0.758. The van der Waals surface area contributed by atoms with Crippen LogP contribution in [0.5, 0.6) is 0 Å². The molecule has 0 radical (unpaired) electrons. The zero-order chi connectivity index (χ0) is 12.0. The first kappa shape index (κ1) is 12.7. The summed E-state index contributed by atoms with van der Waals surface area (Å²) in [7, 11) is 1.67. The average molecular weight is 225 g/mol. The molecular formula is C11H19N3O2. The number of nitrogens with one attached hydrogen (secondary N) is 1. The molecule has 0 spiro atoms. The molecule has 5 heteroatoms. The van der Waals surface area contributed by atoms with E-state index in [9.17, 15) is 4.79 Å². The summed E-state index contributed by atoms with van der Waals surface area (Å²) in [6.45, 7) is 5.99. The van der Waals surface area contributed by atoms with Crippen molar-refractivity contribution < 1.29 is 4.74 Å². The third-order valence-electron chi connectivity index (χ3n) is 2.32. The van der Waals surface area contributed by atoms with E-state index in [4.69, 9.17) is 4.74 Å². The van der Waals surface area contributed by atoms with Gasteiger partial charge in [0.25, 0.3) is 5.56 Å². The Kier molecular flexibility index (Phi) is 4.98. The number of hydrogen-bond acceptors (Lipinski definition) is 4. The maximum atomic E-state index is 11.8. The largest absolute Gasteiger partial charge is 0.384 e. The monoisotopic (exact) mass is 225 g/mol. The minimum atomic E-state index is -0.0744. The van der Waals surface area contributed by atoms with Gasteiger partial charge in [-0.2, -0.15) is 0 Å². The van der Waals surface area contributed by atoms with Crippen molar-refractivity contribution in [3.63, 3.8) is 0 Å². The van der Waals surface area contributed by atoms with Gasteiger partial charge in [-0.25, -0.2) is 4.98 Å². The van der Waals surface area contributed by atoms with Crippen LogP contribution in [0.3, 0.4) is 0 Å². The van der Waals surface area contributed by atoms with Gasteiger partial charge in [0.05, 0.1) is 6.61 Å². The molecule has 5 nitrogen and oxygen atoms in total. The van der Waals surface area contributed by atoms with Crippen LogP contribution in [0.1, 0.15) is 13.8 Å². The van der Waals surface area contributed by atoms with E-state index in [-0.39, 0.29) is 5.56 Å². The first-order chi connectivity index (χ1) is 7.69. The minimum Gasteiger partial charge on any atom is -0.384 e. The lowest BCUT2D eigenvalue weighted by molar-refractivity contribution is 0.164. The first-order valence-electron chi connectivity index (χ1n) is 5.47. The fourth-order valence-corrected chi connectivity index (χ4v) is 1.43. The lowest BCUT2D eigenvalue weighted by Gasteiger charge is -2.12. The van der Waals surface area contributed by atoms with Gasteiger partial charge >= 0.3 is 0 Å². The highest BCUT2D eigenvalue weighted by molar-refractivity contribution is 5.30. The SMILES string of the molecule is CCn1ccnc(NCC(C)COC)c1=O. The highest BCUT2D eigenvalue weighted by Crippen LogP contribution is 1.98. The maximum Gasteiger partial charge on any atom is 0.293 e. The predicted octanol–water partition coefficient (Wildman–Crippen LogP) is 0.958. The average Bonchev–Trinajstić information content (AvgIpc) is 2.28. The van der Waals surface area contributed by atoms with Gasteiger partial charge in [0, 0.05) is 32.6 Å². The van der Waals surface area contributed by atoms with Gasteiger partial charge < -0.3 is 14.6 Å². The van der Waals surface area contributed by atoms with Crippen LogP contribution in [-0.2, 0) is 11.3 Å². The summed E-state index contributed by atoms with van der Waals surface area (Å²) in [6.07, 6.45) is 3.32. The van der Waals surface area contributed by atoms with Crippen LogP contribution in [-0.4, -0.2) is 29.8 Å². The molecule has 0 saturated heterocycles. The summed E-state index contributed by atoms with van der Waals surface area (Å²) < 4.78 is 6.64. The smallest absolute Gasteiger partial charge is 0.293 e. The summed E-state index contributed by atoms with van der Waals surface area (Å²) in [6, 6.07) is 0. The molecule has 0 aromatic carbocycles. The van der Waals surface area contributed by atoms with E-state index in [0.29, 0.717) is 31.4 Å². The van der Waals surface area contributed by atoms with Crippen molar-refractivity contribution in [3.8, 4) is 0 Å². The van der Waals surface area contributed by atoms with Crippen LogP contribution < -0.4 is 10.9 Å². The summed E-state index contributed by atoms with van der Waals surface area (Å²) >= 11 is 0. The van der Waals surface area contributed by atoms with Gasteiger partial charge in [0.2, 0.25) is 0 Å². The molecule has 0 saturated carbocycles. The number of ether oxygens (including phenoxy) is 1. The molecule has 0 aliphatic carbocycles. The van der Waals surface area contributed by atoms with Crippen molar-refractivity contribution in [1.29, 1.82) is 0 Å². The molecule has 0 aliphatic heterocycles. The van der Waals surface area contributed by atoms with Crippen LogP contribution in [0, 0.1) is 5.92 Å². The summed E-state index contributed by atoms with van der Waals surface area (Å²) in [5, 5.41) is 3.05. The van der Waals surface area contributed by atoms with Crippen LogP contribution in [0.15, 0.2) is 17.2 Å². The molecule has 0 aliphatic rings. The Balaban J connectivity index is 2.64. The van der Waals surface area contributed by atoms with Crippen LogP contribution in [0.2, 0.25) is 0 Å². The summed E-state index contributed by atoms with van der Waals surface area (Å²) in [5.41, 5.74) is -0.0744. The third-order valence-corrected chi connectivity index (χ3v) is 2.32. The molecule has 1 unspecified atom stereocenters. The fraction of sp³-hybridized carbons (Fsp3) is 0.636. The van der Waals surface area contributed by atoms with Gasteiger partial charge in [-0.15, -0.1) is 0 Å². The number of methoxy groups -OCH3 is 1. The van der Waals surface area contributed by atoms with E-state index in [2.05, 4.69) is 17.2 Å². The Bertz CT molecular complexity index is 376. The number of aryl methyl sites for hydroxylation is 1. The number of rotatable bonds is 6. The van der Waals surface area contributed by atoms with Crippen LogP contribution >= 0.6 is 0 Å². The number of aromatic nitrogens is 2. The van der Waals surface area contributed by atoms with Crippen molar-refractivity contribution in [2.24, 2.45) is 5.92 Å². The van der Waals surface area contributed by atoms with Crippen molar-refractivity contribution >= 4 is 5.82 Å². The second-order valence-electron chi connectivity index (χ2n) is 3.81. The second kappa shape index (κ2) is 6.27. The van der Waals surface area contributed by atoms with Gasteiger partial charge in [-0.05, 0) is 12.8 Å². The molecule has 1 aromatic rings. The normalized spacial score (nSPS) is 12.4. The van der Waals surface area contributed by atoms with Crippen molar-refractivity contribution in [1.82, 2.24) is 9.55 Å². The Morgan fingerprint density at radius 3 is 3.00 bits per heavy atom. The fourth-order valence-electron chi connectivity index (χ4n) is 1.43. The summed E-state index contributed by atoms with van der Waals surface area (Å²) in [4.78, 5) is 15.8. The highest BCUT2D eigenvalue weighted by atomic mass is 16.5. The van der Waals surface area contributed by atoms with Crippen LogP contribution in [0.4, 0.5) is 5.82 Å². The van der Waals surface area contributed by atoms with Gasteiger partial charge in [-0.1, -0.05) is 6.92 Å². The quantitative estimate of drug-likeness (QED) is 0.783. The molecule has 0 fully saturated rings. The molecule has 16 heavy (non-hydrogen) atoms. The van der Waals surface area contributed by atoms with Crippen molar-refractivity contribution in [2.75, 3.05) is 25.6 Å². The van der Waals surface area contributed by atoms with Crippen molar-refractivity contribution in [2.45, 2.75) is 20.4 Å². The third kappa shape index (κ3) is 3.34. The Hall–Kier alpha value is -1.36. The maximum absolute atomic E-state index is 11.8. The minimum absolute atomic E-state index is 0.0744. The number of nitrogens with zero attached hydrogens (tertiary/aromatic N) is 2. The van der Waals surface area contributed by atoms with E-state index in [1.54, 1.807) is 24.1 Å².